The molecule has 1 saturated heterocycles. The van der Waals surface area contributed by atoms with Crippen molar-refractivity contribution < 1.29 is 13.9 Å². The Kier molecular flexibility index (Phi) is 6.72. The quantitative estimate of drug-likeness (QED) is 0.618. The van der Waals surface area contributed by atoms with Gasteiger partial charge in [0.2, 0.25) is 0 Å². The van der Waals surface area contributed by atoms with Crippen LogP contribution in [0.25, 0.3) is 11.4 Å². The van der Waals surface area contributed by atoms with Gasteiger partial charge < -0.3 is 19.9 Å². The van der Waals surface area contributed by atoms with Crippen molar-refractivity contribution >= 4 is 17.4 Å². The van der Waals surface area contributed by atoms with Crippen molar-refractivity contribution in [3.05, 3.63) is 66.1 Å². The highest BCUT2D eigenvalue weighted by Crippen LogP contribution is 2.30. The number of hydrogen-bond donors (Lipinski definition) is 1. The van der Waals surface area contributed by atoms with Crippen molar-refractivity contribution in [1.82, 2.24) is 15.3 Å². The van der Waals surface area contributed by atoms with E-state index < -0.39 is 0 Å². The van der Waals surface area contributed by atoms with Crippen molar-refractivity contribution in [2.45, 2.75) is 19.9 Å². The van der Waals surface area contributed by atoms with E-state index in [4.69, 9.17) is 9.72 Å². The third-order valence-corrected chi connectivity index (χ3v) is 5.54. The van der Waals surface area contributed by atoms with Crippen LogP contribution in [0.2, 0.25) is 0 Å². The van der Waals surface area contributed by atoms with Gasteiger partial charge in [-0.15, -0.1) is 0 Å². The lowest BCUT2D eigenvalue weighted by Crippen LogP contribution is -2.47. The average Bonchev–Trinajstić information content (AvgIpc) is 2.84. The molecule has 4 rings (SSSR count). The molecule has 1 N–H and O–H groups in total. The van der Waals surface area contributed by atoms with Crippen LogP contribution in [0.15, 0.2) is 54.7 Å². The maximum absolute atomic E-state index is 13.4. The van der Waals surface area contributed by atoms with E-state index in [2.05, 4.69) is 20.1 Å². The smallest absolute Gasteiger partial charge is 0.256 e. The van der Waals surface area contributed by atoms with Crippen molar-refractivity contribution in [3.63, 3.8) is 0 Å². The Morgan fingerprint density at radius 2 is 1.70 bits per heavy atom. The number of carbonyl (C=O) groups excluding carboxylic acids is 1. The van der Waals surface area contributed by atoms with E-state index in [1.807, 2.05) is 38.1 Å². The fourth-order valence-corrected chi connectivity index (χ4v) is 3.90. The molecule has 0 bridgehead atoms. The van der Waals surface area contributed by atoms with E-state index in [1.54, 1.807) is 25.4 Å². The zero-order valence-corrected chi connectivity index (χ0v) is 19.1. The van der Waals surface area contributed by atoms with Gasteiger partial charge in [-0.3, -0.25) is 4.79 Å². The number of benzene rings is 2. The summed E-state index contributed by atoms with van der Waals surface area (Å²) < 4.78 is 18.9. The lowest BCUT2D eigenvalue weighted by Gasteiger charge is -2.37. The Hall–Kier alpha value is -3.68. The highest BCUT2D eigenvalue weighted by molar-refractivity contribution is 5.99. The summed E-state index contributed by atoms with van der Waals surface area (Å²) in [6.45, 7) is 6.69. The zero-order chi connectivity index (χ0) is 23.4. The Morgan fingerprint density at radius 3 is 2.36 bits per heavy atom. The van der Waals surface area contributed by atoms with Crippen LogP contribution in [0, 0.1) is 5.82 Å². The van der Waals surface area contributed by atoms with Gasteiger partial charge in [-0.1, -0.05) is 12.1 Å². The topological polar surface area (TPSA) is 70.6 Å². The summed E-state index contributed by atoms with van der Waals surface area (Å²) in [6.07, 6.45) is 1.56. The van der Waals surface area contributed by atoms with Crippen LogP contribution >= 0.6 is 0 Å². The van der Waals surface area contributed by atoms with E-state index in [0.717, 1.165) is 24.5 Å². The Morgan fingerprint density at radius 1 is 1.03 bits per heavy atom. The molecule has 0 spiro atoms. The summed E-state index contributed by atoms with van der Waals surface area (Å²) in [5, 5.41) is 2.93. The second-order valence-electron chi connectivity index (χ2n) is 8.21. The third-order valence-electron chi connectivity index (χ3n) is 5.54. The first-order chi connectivity index (χ1) is 16.0. The molecular formula is C25H28FN5O2. The second-order valence-corrected chi connectivity index (χ2v) is 8.21. The van der Waals surface area contributed by atoms with Crippen LogP contribution in [0.5, 0.6) is 5.75 Å². The molecule has 1 amide bonds. The molecule has 172 valence electrons. The van der Waals surface area contributed by atoms with Gasteiger partial charge in [0.05, 0.1) is 12.8 Å². The molecule has 0 unspecified atom stereocenters. The highest BCUT2D eigenvalue weighted by atomic mass is 19.1. The second kappa shape index (κ2) is 9.85. The van der Waals surface area contributed by atoms with Gasteiger partial charge in [-0.2, -0.15) is 0 Å². The van der Waals surface area contributed by atoms with Gasteiger partial charge in [-0.05, 0) is 50.2 Å². The fraction of sp³-hybridized carbons (Fsp3) is 0.320. The number of aromatic nitrogens is 2. The summed E-state index contributed by atoms with van der Waals surface area (Å²) in [6, 6.07) is 14.0. The molecule has 0 atom stereocenters. The van der Waals surface area contributed by atoms with E-state index >= 15 is 0 Å². The van der Waals surface area contributed by atoms with Gasteiger partial charge in [0, 0.05) is 44.0 Å². The number of para-hydroxylation sites is 2. The van der Waals surface area contributed by atoms with E-state index in [9.17, 15) is 9.18 Å². The number of nitrogens with zero attached hydrogens (tertiary/aromatic N) is 4. The maximum Gasteiger partial charge on any atom is 0.256 e. The molecule has 0 radical (unpaired) electrons. The Balaban J connectivity index is 1.62. The minimum Gasteiger partial charge on any atom is -0.495 e. The number of amides is 1. The van der Waals surface area contributed by atoms with Crippen molar-refractivity contribution in [2.75, 3.05) is 43.1 Å². The molecular weight excluding hydrogens is 421 g/mol. The fourth-order valence-electron chi connectivity index (χ4n) is 3.90. The maximum atomic E-state index is 13.4. The van der Waals surface area contributed by atoms with Crippen LogP contribution in [-0.2, 0) is 0 Å². The molecule has 7 nitrogen and oxygen atoms in total. The number of nitrogens with one attached hydrogen (secondary N) is 1. The summed E-state index contributed by atoms with van der Waals surface area (Å²) in [5.41, 5.74) is 2.17. The molecule has 8 heteroatoms. The largest absolute Gasteiger partial charge is 0.495 e. The molecule has 1 aromatic heterocycles. The van der Waals surface area contributed by atoms with E-state index in [1.165, 1.54) is 12.1 Å². The Bertz CT molecular complexity index is 1110. The molecule has 33 heavy (non-hydrogen) atoms. The predicted octanol–water partition coefficient (Wildman–Crippen LogP) is 3.76. The molecule has 0 saturated carbocycles. The number of methoxy groups -OCH3 is 1. The van der Waals surface area contributed by atoms with Gasteiger partial charge in [0.1, 0.15) is 22.9 Å². The number of carbonyl (C=O) groups is 1. The molecule has 2 heterocycles. The first-order valence-corrected chi connectivity index (χ1v) is 11.0. The lowest BCUT2D eigenvalue weighted by molar-refractivity contribution is 0.0943. The molecule has 1 fully saturated rings. The molecule has 0 aliphatic carbocycles. The number of rotatable bonds is 6. The Labute approximate surface area is 193 Å². The molecule has 3 aromatic rings. The molecule has 1 aliphatic rings. The van der Waals surface area contributed by atoms with Crippen LogP contribution in [0.1, 0.15) is 24.2 Å². The predicted molar refractivity (Wildman–Crippen MR) is 127 cm³/mol. The standard InChI is InChI=1S/C25H28FN5O2/c1-17(2)28-25(32)20-16-27-23(18-8-10-19(26)11-9-18)29-24(20)31-14-12-30(13-15-31)21-6-4-5-7-22(21)33-3/h4-11,16-17H,12-15H2,1-3H3,(H,28,32). The summed E-state index contributed by atoms with van der Waals surface area (Å²) in [7, 11) is 1.67. The van der Waals surface area contributed by atoms with E-state index in [-0.39, 0.29) is 17.8 Å². The first kappa shape index (κ1) is 22.5. The lowest BCUT2D eigenvalue weighted by atomic mass is 10.1. The third kappa shape index (κ3) is 5.05. The SMILES string of the molecule is COc1ccccc1N1CCN(c2nc(-c3ccc(F)cc3)ncc2C(=O)NC(C)C)CC1. The zero-order valence-electron chi connectivity index (χ0n) is 19.1. The van der Waals surface area contributed by atoms with Crippen LogP contribution < -0.4 is 19.9 Å². The van der Waals surface area contributed by atoms with Crippen LogP contribution in [0.4, 0.5) is 15.9 Å². The van der Waals surface area contributed by atoms with Crippen molar-refractivity contribution in [2.24, 2.45) is 0 Å². The number of anilines is 2. The van der Waals surface area contributed by atoms with Gasteiger partial charge in [0.25, 0.3) is 5.91 Å². The monoisotopic (exact) mass is 449 g/mol. The van der Waals surface area contributed by atoms with Crippen molar-refractivity contribution in [1.29, 1.82) is 0 Å². The van der Waals surface area contributed by atoms with Gasteiger partial charge in [0.15, 0.2) is 5.82 Å². The summed E-state index contributed by atoms with van der Waals surface area (Å²) in [5.74, 6) is 1.35. The van der Waals surface area contributed by atoms with Crippen LogP contribution in [-0.4, -0.2) is 55.2 Å². The molecule has 2 aromatic carbocycles. The summed E-state index contributed by atoms with van der Waals surface area (Å²) >= 11 is 0. The van der Waals surface area contributed by atoms with E-state index in [0.29, 0.717) is 35.9 Å². The number of halogens is 1. The number of hydrogen-bond acceptors (Lipinski definition) is 6. The van der Waals surface area contributed by atoms with Gasteiger partial charge >= 0.3 is 0 Å². The first-order valence-electron chi connectivity index (χ1n) is 11.0. The normalized spacial score (nSPS) is 13.8. The van der Waals surface area contributed by atoms with Crippen LogP contribution in [0.3, 0.4) is 0 Å². The minimum atomic E-state index is -0.320. The minimum absolute atomic E-state index is 0.00971. The average molecular weight is 450 g/mol. The van der Waals surface area contributed by atoms with Crippen molar-refractivity contribution in [3.8, 4) is 17.1 Å². The number of piperazine rings is 1. The highest BCUT2D eigenvalue weighted by Gasteiger charge is 2.25. The number of ether oxygens (including phenoxy) is 1. The summed E-state index contributed by atoms with van der Waals surface area (Å²) in [4.78, 5) is 26.4. The molecule has 1 aliphatic heterocycles. The van der Waals surface area contributed by atoms with Gasteiger partial charge in [-0.25, -0.2) is 14.4 Å².